The second-order valence-electron chi connectivity index (χ2n) is 9.32. The Morgan fingerprint density at radius 2 is 0.789 bits per heavy atom. The summed E-state index contributed by atoms with van der Waals surface area (Å²) >= 11 is 0. The predicted molar refractivity (Wildman–Crippen MR) is 149 cm³/mol. The molecule has 188 valence electrons. The number of aryl methyl sites for hydroxylation is 4. The Morgan fingerprint density at radius 1 is 0.447 bits per heavy atom. The Labute approximate surface area is 277 Å². The van der Waals surface area contributed by atoms with Crippen LogP contribution in [0.3, 0.4) is 0 Å². The van der Waals surface area contributed by atoms with Gasteiger partial charge in [-0.3, -0.25) is 0 Å². The Hall–Kier alpha value is -1.55. The van der Waals surface area contributed by atoms with Crippen molar-refractivity contribution in [2.24, 2.45) is 0 Å². The molecule has 0 aliphatic rings. The first-order chi connectivity index (χ1) is 16.5. The van der Waals surface area contributed by atoms with Crippen molar-refractivity contribution in [3.8, 4) is 22.3 Å². The van der Waals surface area contributed by atoms with Crippen LogP contribution >= 0.6 is 0 Å². The molecule has 6 aromatic rings. The fourth-order valence-electron chi connectivity index (χ4n) is 5.06. The number of benzene rings is 4. The van der Waals surface area contributed by atoms with Crippen molar-refractivity contribution in [2.45, 2.75) is 27.7 Å². The van der Waals surface area contributed by atoms with Crippen molar-refractivity contribution in [3.05, 3.63) is 131 Å². The van der Waals surface area contributed by atoms with Crippen LogP contribution < -0.4 is 24.8 Å². The molecular weight excluding hydrogens is 662 g/mol. The summed E-state index contributed by atoms with van der Waals surface area (Å²) in [6.07, 6.45) is 0. The molecule has 4 heteroatoms. The molecule has 0 unspecified atom stereocenters. The van der Waals surface area contributed by atoms with E-state index in [0.29, 0.717) is 0 Å². The monoisotopic (exact) mass is 688 g/mol. The van der Waals surface area contributed by atoms with Gasteiger partial charge >= 0.3 is 52.4 Å². The van der Waals surface area contributed by atoms with Crippen LogP contribution in [-0.4, -0.2) is 0 Å². The molecule has 0 fully saturated rings. The number of hydrogen-bond donors (Lipinski definition) is 0. The summed E-state index contributed by atoms with van der Waals surface area (Å²) in [7, 11) is 0. The molecule has 0 atom stereocenters. The average Bonchev–Trinajstić information content (AvgIpc) is 3.41. The van der Waals surface area contributed by atoms with E-state index >= 15 is 0 Å². The van der Waals surface area contributed by atoms with Gasteiger partial charge in [0.1, 0.15) is 0 Å². The summed E-state index contributed by atoms with van der Waals surface area (Å²) in [6, 6.07) is 39.2. The first-order valence-corrected chi connectivity index (χ1v) is 12.0. The summed E-state index contributed by atoms with van der Waals surface area (Å²) in [5.74, 6) is 0. The molecule has 6 aromatic carbocycles. The second-order valence-corrected chi connectivity index (χ2v) is 9.32. The third kappa shape index (κ3) is 7.34. The summed E-state index contributed by atoms with van der Waals surface area (Å²) in [6.45, 7) is 8.68. The van der Waals surface area contributed by atoms with Crippen molar-refractivity contribution in [1.29, 1.82) is 0 Å². The van der Waals surface area contributed by atoms with Gasteiger partial charge in [-0.05, 0) is 25.0 Å². The molecule has 0 bridgehead atoms. The van der Waals surface area contributed by atoms with Crippen LogP contribution in [-0.2, 0) is 52.4 Å². The molecule has 0 radical (unpaired) electrons. The third-order valence-electron chi connectivity index (χ3n) is 6.61. The number of hydrogen-bond acceptors (Lipinski definition) is 0. The minimum Gasteiger partial charge on any atom is -1.00 e. The standard InChI is InChI=1S/2C17H15.2ClH.2Zr/c2*1-12-10-15-9-8-13(2)17(16(15)11-12)14-6-4-3-5-7-14;;;;/h2*3-11H,1-2H3;2*1H;;/q2*-1;;;2*+2/p-2. The van der Waals surface area contributed by atoms with Crippen molar-refractivity contribution in [1.82, 2.24) is 0 Å². The molecule has 0 saturated carbocycles. The van der Waals surface area contributed by atoms with Crippen LogP contribution in [0.1, 0.15) is 22.3 Å². The quantitative estimate of drug-likeness (QED) is 0.243. The van der Waals surface area contributed by atoms with Gasteiger partial charge in [-0.15, -0.1) is 69.1 Å². The Balaban J connectivity index is 0.000000344. The molecule has 0 aliphatic heterocycles. The van der Waals surface area contributed by atoms with Gasteiger partial charge in [0.25, 0.3) is 0 Å². The van der Waals surface area contributed by atoms with Gasteiger partial charge in [-0.2, -0.15) is 12.1 Å². The van der Waals surface area contributed by atoms with Crippen LogP contribution in [0, 0.1) is 27.7 Å². The van der Waals surface area contributed by atoms with Crippen LogP contribution in [0.4, 0.5) is 0 Å². The van der Waals surface area contributed by atoms with Crippen LogP contribution in [0.2, 0.25) is 0 Å². The van der Waals surface area contributed by atoms with E-state index in [2.05, 4.69) is 137 Å². The average molecular weight is 692 g/mol. The van der Waals surface area contributed by atoms with E-state index in [1.165, 1.54) is 66.1 Å². The van der Waals surface area contributed by atoms with E-state index in [1.807, 2.05) is 0 Å². The van der Waals surface area contributed by atoms with E-state index < -0.39 is 0 Å². The van der Waals surface area contributed by atoms with Gasteiger partial charge in [0.15, 0.2) is 0 Å². The van der Waals surface area contributed by atoms with E-state index in [4.69, 9.17) is 0 Å². The second kappa shape index (κ2) is 15.3. The smallest absolute Gasteiger partial charge is 1.00 e. The summed E-state index contributed by atoms with van der Waals surface area (Å²) in [5, 5.41) is 5.42. The minimum atomic E-state index is 0. The SMILES string of the molecule is Cc1cc2c(-c3ccccc3)c(C)ccc2[cH-]1.Cc1cc2c(-c3ccccc3)c(C)ccc2[cH-]1.[Cl-].[Cl-].[Zr+2].[Zr+2]. The fraction of sp³-hybridized carbons (Fsp3) is 0.118. The zero-order valence-electron chi connectivity index (χ0n) is 22.1. The first-order valence-electron chi connectivity index (χ1n) is 12.0. The van der Waals surface area contributed by atoms with Crippen LogP contribution in [0.25, 0.3) is 43.8 Å². The maximum absolute atomic E-state index is 2.28. The van der Waals surface area contributed by atoms with Gasteiger partial charge in [0.2, 0.25) is 0 Å². The fourth-order valence-corrected chi connectivity index (χ4v) is 5.06. The van der Waals surface area contributed by atoms with Crippen molar-refractivity contribution < 1.29 is 77.2 Å². The van der Waals surface area contributed by atoms with Crippen LogP contribution in [0.5, 0.6) is 0 Å². The molecule has 0 nitrogen and oxygen atoms in total. The van der Waals surface area contributed by atoms with Gasteiger partial charge in [-0.1, -0.05) is 96.8 Å². The topological polar surface area (TPSA) is 0 Å². The zero-order valence-corrected chi connectivity index (χ0v) is 28.6. The van der Waals surface area contributed by atoms with Gasteiger partial charge in [0.05, 0.1) is 0 Å². The Morgan fingerprint density at radius 3 is 1.13 bits per heavy atom. The number of fused-ring (bicyclic) bond motifs is 2. The Bertz CT molecular complexity index is 1460. The molecule has 0 saturated heterocycles. The predicted octanol–water partition coefficient (Wildman–Crippen LogP) is 3.69. The molecule has 0 heterocycles. The molecule has 0 amide bonds. The molecule has 0 aromatic heterocycles. The summed E-state index contributed by atoms with van der Waals surface area (Å²) in [5.41, 5.74) is 10.7. The van der Waals surface area contributed by atoms with Crippen LogP contribution in [0.15, 0.2) is 109 Å². The normalized spacial score (nSPS) is 9.79. The molecule has 38 heavy (non-hydrogen) atoms. The van der Waals surface area contributed by atoms with Crippen molar-refractivity contribution >= 4 is 21.5 Å². The van der Waals surface area contributed by atoms with Crippen molar-refractivity contribution in [2.75, 3.05) is 0 Å². The maximum atomic E-state index is 2.28. The zero-order chi connectivity index (χ0) is 23.7. The summed E-state index contributed by atoms with van der Waals surface area (Å²) < 4.78 is 0. The molecule has 6 rings (SSSR count). The first kappa shape index (κ1) is 34.5. The van der Waals surface area contributed by atoms with E-state index in [-0.39, 0.29) is 77.2 Å². The van der Waals surface area contributed by atoms with E-state index in [0.717, 1.165) is 0 Å². The molecule has 0 N–H and O–H groups in total. The van der Waals surface area contributed by atoms with E-state index in [1.54, 1.807) is 0 Å². The van der Waals surface area contributed by atoms with Gasteiger partial charge < -0.3 is 24.8 Å². The van der Waals surface area contributed by atoms with Crippen molar-refractivity contribution in [3.63, 3.8) is 0 Å². The Kier molecular flexibility index (Phi) is 13.9. The number of halogens is 2. The van der Waals surface area contributed by atoms with Gasteiger partial charge in [-0.25, -0.2) is 0 Å². The number of rotatable bonds is 2. The van der Waals surface area contributed by atoms with E-state index in [9.17, 15) is 0 Å². The molecule has 0 spiro atoms. The molecule has 0 aliphatic carbocycles. The molecular formula is C34H30Cl2Zr2. The largest absolute Gasteiger partial charge is 2.00 e. The minimum absolute atomic E-state index is 0. The van der Waals surface area contributed by atoms with Gasteiger partial charge in [0, 0.05) is 0 Å². The summed E-state index contributed by atoms with van der Waals surface area (Å²) in [4.78, 5) is 0. The third-order valence-corrected chi connectivity index (χ3v) is 6.61. The maximum Gasteiger partial charge on any atom is 2.00 e.